The highest BCUT2D eigenvalue weighted by Crippen LogP contribution is 2.12. The van der Waals surface area contributed by atoms with Crippen LogP contribution >= 0.6 is 0 Å². The van der Waals surface area contributed by atoms with Gasteiger partial charge >= 0.3 is 0 Å². The van der Waals surface area contributed by atoms with Gasteiger partial charge in [0.25, 0.3) is 5.91 Å². The van der Waals surface area contributed by atoms with Crippen LogP contribution in [-0.2, 0) is 4.79 Å². The summed E-state index contributed by atoms with van der Waals surface area (Å²) in [5, 5.41) is 20.2. The van der Waals surface area contributed by atoms with Crippen LogP contribution in [0.4, 0.5) is 4.39 Å². The van der Waals surface area contributed by atoms with Crippen molar-refractivity contribution in [2.75, 3.05) is 6.54 Å². The zero-order valence-electron chi connectivity index (χ0n) is 10.4. The molecule has 0 bridgehead atoms. The minimum Gasteiger partial charge on any atom is -0.351 e. The Kier molecular flexibility index (Phi) is 5.25. The number of carbonyl (C=O) groups is 1. The molecule has 0 unspecified atom stereocenters. The number of amides is 1. The average molecular weight is 257 g/mol. The first-order valence-electron chi connectivity index (χ1n) is 5.71. The minimum absolute atomic E-state index is 0.122. The van der Waals surface area contributed by atoms with Gasteiger partial charge in [0.1, 0.15) is 17.5 Å². The monoisotopic (exact) mass is 257 g/mol. The van der Waals surface area contributed by atoms with Crippen molar-refractivity contribution in [2.45, 2.75) is 13.3 Å². The summed E-state index contributed by atoms with van der Waals surface area (Å²) < 4.78 is 13.2. The average Bonchev–Trinajstić information content (AvgIpc) is 2.41. The van der Waals surface area contributed by atoms with Gasteiger partial charge in [0.05, 0.1) is 11.6 Å². The zero-order valence-corrected chi connectivity index (χ0v) is 10.4. The Morgan fingerprint density at radius 3 is 2.74 bits per heavy atom. The molecule has 0 aliphatic carbocycles. The highest BCUT2D eigenvalue weighted by molar-refractivity contribution is 6.01. The van der Waals surface area contributed by atoms with Gasteiger partial charge in [-0.2, -0.15) is 10.5 Å². The van der Waals surface area contributed by atoms with E-state index in [1.807, 2.05) is 13.0 Å². The van der Waals surface area contributed by atoms with E-state index in [-0.39, 0.29) is 11.1 Å². The molecule has 0 fully saturated rings. The molecular formula is C14H12FN3O. The number of benzene rings is 1. The maximum atomic E-state index is 13.2. The molecule has 1 aromatic rings. The minimum atomic E-state index is -0.587. The largest absolute Gasteiger partial charge is 0.351 e. The number of nitrogens with one attached hydrogen (secondary N) is 1. The first-order valence-corrected chi connectivity index (χ1v) is 5.71. The number of nitrogens with zero attached hydrogens (tertiary/aromatic N) is 2. The van der Waals surface area contributed by atoms with E-state index in [4.69, 9.17) is 10.5 Å². The van der Waals surface area contributed by atoms with Crippen LogP contribution in [-0.4, -0.2) is 12.5 Å². The second-order valence-corrected chi connectivity index (χ2v) is 3.81. The predicted octanol–water partition coefficient (Wildman–Crippen LogP) is 2.13. The van der Waals surface area contributed by atoms with E-state index in [0.29, 0.717) is 12.1 Å². The van der Waals surface area contributed by atoms with Gasteiger partial charge in [-0.05, 0) is 36.3 Å². The second-order valence-electron chi connectivity index (χ2n) is 3.81. The van der Waals surface area contributed by atoms with Gasteiger partial charge in [0.2, 0.25) is 0 Å². The van der Waals surface area contributed by atoms with Crippen molar-refractivity contribution in [3.8, 4) is 12.1 Å². The topological polar surface area (TPSA) is 76.7 Å². The molecule has 4 nitrogen and oxygen atoms in total. The first-order chi connectivity index (χ1) is 9.10. The summed E-state index contributed by atoms with van der Waals surface area (Å²) in [6, 6.07) is 7.22. The fourth-order valence-corrected chi connectivity index (χ4v) is 1.41. The Morgan fingerprint density at radius 1 is 1.42 bits per heavy atom. The maximum Gasteiger partial charge on any atom is 0.261 e. The molecule has 19 heavy (non-hydrogen) atoms. The lowest BCUT2D eigenvalue weighted by molar-refractivity contribution is -0.117. The third-order valence-electron chi connectivity index (χ3n) is 2.26. The van der Waals surface area contributed by atoms with Crippen molar-refractivity contribution < 1.29 is 9.18 Å². The summed E-state index contributed by atoms with van der Waals surface area (Å²) >= 11 is 0. The Hall–Kier alpha value is -2.66. The van der Waals surface area contributed by atoms with Gasteiger partial charge in [-0.3, -0.25) is 4.79 Å². The molecule has 0 heterocycles. The predicted molar refractivity (Wildman–Crippen MR) is 68.0 cm³/mol. The highest BCUT2D eigenvalue weighted by atomic mass is 19.1. The number of hydrogen-bond acceptors (Lipinski definition) is 3. The van der Waals surface area contributed by atoms with Crippen LogP contribution in [0.5, 0.6) is 0 Å². The van der Waals surface area contributed by atoms with E-state index >= 15 is 0 Å². The quantitative estimate of drug-likeness (QED) is 0.663. The van der Waals surface area contributed by atoms with Crippen molar-refractivity contribution in [3.63, 3.8) is 0 Å². The first kappa shape index (κ1) is 14.4. The number of hydrogen-bond donors (Lipinski definition) is 1. The molecule has 0 aromatic heterocycles. The van der Waals surface area contributed by atoms with Gasteiger partial charge in [-0.25, -0.2) is 4.39 Å². The van der Waals surface area contributed by atoms with Gasteiger partial charge < -0.3 is 5.32 Å². The van der Waals surface area contributed by atoms with Crippen LogP contribution in [0.15, 0.2) is 23.8 Å². The van der Waals surface area contributed by atoms with E-state index in [1.54, 1.807) is 6.07 Å². The summed E-state index contributed by atoms with van der Waals surface area (Å²) in [4.78, 5) is 11.6. The van der Waals surface area contributed by atoms with E-state index in [2.05, 4.69) is 5.32 Å². The fourth-order valence-electron chi connectivity index (χ4n) is 1.41. The summed E-state index contributed by atoms with van der Waals surface area (Å²) in [6.07, 6.45) is 2.01. The second kappa shape index (κ2) is 6.93. The standard InChI is InChI=1S/C14H12FN3O/c1-2-3-18-14(19)12(9-17)5-10-4-11(8-16)7-13(15)6-10/h4-7H,2-3H2,1H3,(H,18,19)/b12-5+. The molecule has 1 N–H and O–H groups in total. The molecule has 1 rings (SSSR count). The molecule has 96 valence electrons. The number of nitriles is 2. The Bertz CT molecular complexity index is 594. The molecule has 1 aromatic carbocycles. The molecule has 0 atom stereocenters. The van der Waals surface area contributed by atoms with E-state index in [1.165, 1.54) is 12.1 Å². The van der Waals surface area contributed by atoms with Crippen molar-refractivity contribution in [2.24, 2.45) is 0 Å². The maximum absolute atomic E-state index is 13.2. The van der Waals surface area contributed by atoms with E-state index in [9.17, 15) is 9.18 Å². The van der Waals surface area contributed by atoms with Crippen molar-refractivity contribution in [3.05, 3.63) is 40.7 Å². The highest BCUT2D eigenvalue weighted by Gasteiger charge is 2.08. The summed E-state index contributed by atoms with van der Waals surface area (Å²) in [5.74, 6) is -1.09. The molecule has 1 amide bonds. The summed E-state index contributed by atoms with van der Waals surface area (Å²) in [6.45, 7) is 2.35. The van der Waals surface area contributed by atoms with Gasteiger partial charge in [0, 0.05) is 6.54 Å². The van der Waals surface area contributed by atoms with Crippen molar-refractivity contribution in [1.82, 2.24) is 5.32 Å². The fraction of sp³-hybridized carbons (Fsp3) is 0.214. The van der Waals surface area contributed by atoms with Crippen LogP contribution in [0.25, 0.3) is 6.08 Å². The molecule has 0 saturated carbocycles. The lowest BCUT2D eigenvalue weighted by Gasteiger charge is -2.02. The van der Waals surface area contributed by atoms with Crippen molar-refractivity contribution in [1.29, 1.82) is 10.5 Å². The molecule has 5 heteroatoms. The number of rotatable bonds is 4. The van der Waals surface area contributed by atoms with Crippen LogP contribution in [0.1, 0.15) is 24.5 Å². The van der Waals surface area contributed by atoms with E-state index in [0.717, 1.165) is 18.6 Å². The molecule has 0 radical (unpaired) electrons. The molecule has 0 aliphatic rings. The zero-order chi connectivity index (χ0) is 14.3. The smallest absolute Gasteiger partial charge is 0.261 e. The van der Waals surface area contributed by atoms with Gasteiger partial charge in [-0.15, -0.1) is 0 Å². The van der Waals surface area contributed by atoms with Crippen molar-refractivity contribution >= 4 is 12.0 Å². The third-order valence-corrected chi connectivity index (χ3v) is 2.26. The molecule has 0 aliphatic heterocycles. The number of halogens is 1. The SMILES string of the molecule is CCCNC(=O)/C(C#N)=C/c1cc(F)cc(C#N)c1. The molecule has 0 saturated heterocycles. The van der Waals surface area contributed by atoms with Crippen LogP contribution in [0.2, 0.25) is 0 Å². The normalized spacial score (nSPS) is 10.4. The lowest BCUT2D eigenvalue weighted by Crippen LogP contribution is -2.25. The van der Waals surface area contributed by atoms with Crippen LogP contribution in [0.3, 0.4) is 0 Å². The molecule has 0 spiro atoms. The van der Waals surface area contributed by atoms with Gasteiger partial charge in [0.15, 0.2) is 0 Å². The van der Waals surface area contributed by atoms with E-state index < -0.39 is 11.7 Å². The Balaban J connectivity index is 3.05. The third kappa shape index (κ3) is 4.25. The Labute approximate surface area is 110 Å². The summed E-state index contributed by atoms with van der Waals surface area (Å²) in [7, 11) is 0. The van der Waals surface area contributed by atoms with Gasteiger partial charge in [-0.1, -0.05) is 6.92 Å². The van der Waals surface area contributed by atoms with Crippen LogP contribution < -0.4 is 5.32 Å². The van der Waals surface area contributed by atoms with Crippen LogP contribution in [0, 0.1) is 28.5 Å². The molecular weight excluding hydrogens is 245 g/mol. The lowest BCUT2D eigenvalue weighted by atomic mass is 10.1. The Morgan fingerprint density at radius 2 is 2.16 bits per heavy atom. The number of carbonyl (C=O) groups excluding carboxylic acids is 1. The summed E-state index contributed by atoms with van der Waals surface area (Å²) in [5.41, 5.74) is 0.320.